The van der Waals surface area contributed by atoms with Crippen LogP contribution in [0.2, 0.25) is 0 Å². The maximum atomic E-state index is 10.3. The van der Waals surface area contributed by atoms with Crippen LogP contribution in [0.3, 0.4) is 0 Å². The van der Waals surface area contributed by atoms with Crippen molar-refractivity contribution in [3.8, 4) is 0 Å². The summed E-state index contributed by atoms with van der Waals surface area (Å²) in [6, 6.07) is 0. The fourth-order valence-corrected chi connectivity index (χ4v) is 7.53. The van der Waals surface area contributed by atoms with Crippen LogP contribution >= 0.6 is 0 Å². The van der Waals surface area contributed by atoms with E-state index >= 15 is 0 Å². The van der Waals surface area contributed by atoms with E-state index in [9.17, 15) is 5.11 Å². The Labute approximate surface area is 136 Å². The van der Waals surface area contributed by atoms with Gasteiger partial charge in [-0.2, -0.15) is 0 Å². The monoisotopic (exact) mass is 302 g/mol. The molecule has 1 heteroatoms. The van der Waals surface area contributed by atoms with Crippen LogP contribution in [0.5, 0.6) is 0 Å². The Kier molecular flexibility index (Phi) is 3.53. The van der Waals surface area contributed by atoms with Gasteiger partial charge in [-0.05, 0) is 92.8 Å². The lowest BCUT2D eigenvalue weighted by molar-refractivity contribution is -0.0620. The van der Waals surface area contributed by atoms with E-state index in [0.29, 0.717) is 16.7 Å². The summed E-state index contributed by atoms with van der Waals surface area (Å²) in [5.41, 5.74) is 2.74. The fraction of sp³-hybridized carbons (Fsp3) is 0.905. The molecule has 7 unspecified atom stereocenters. The molecule has 0 spiro atoms. The van der Waals surface area contributed by atoms with Gasteiger partial charge in [-0.25, -0.2) is 0 Å². The van der Waals surface area contributed by atoms with Crippen molar-refractivity contribution in [1.29, 1.82) is 0 Å². The van der Waals surface area contributed by atoms with Crippen LogP contribution < -0.4 is 0 Å². The third kappa shape index (κ3) is 1.93. The van der Waals surface area contributed by atoms with Crippen LogP contribution in [0.4, 0.5) is 0 Å². The molecule has 0 bridgehead atoms. The summed E-state index contributed by atoms with van der Waals surface area (Å²) in [5.74, 6) is 3.23. The van der Waals surface area contributed by atoms with Crippen molar-refractivity contribution < 1.29 is 5.11 Å². The van der Waals surface area contributed by atoms with E-state index in [1.54, 1.807) is 0 Å². The smallest absolute Gasteiger partial charge is 0.0545 e. The Hall–Kier alpha value is -0.300. The molecule has 1 N–H and O–H groups in total. The Morgan fingerprint density at radius 3 is 2.68 bits per heavy atom. The maximum Gasteiger partial charge on any atom is 0.0545 e. The van der Waals surface area contributed by atoms with E-state index in [2.05, 4.69) is 19.9 Å². The first-order valence-electron chi connectivity index (χ1n) is 9.84. The summed E-state index contributed by atoms with van der Waals surface area (Å²) in [5, 5.41) is 10.3. The zero-order chi connectivity index (χ0) is 15.5. The van der Waals surface area contributed by atoms with Gasteiger partial charge in [-0.1, -0.05) is 31.9 Å². The van der Waals surface area contributed by atoms with Gasteiger partial charge in [0.2, 0.25) is 0 Å². The molecule has 0 heterocycles. The molecule has 0 aliphatic heterocycles. The van der Waals surface area contributed by atoms with Crippen molar-refractivity contribution in [2.45, 2.75) is 84.7 Å². The predicted molar refractivity (Wildman–Crippen MR) is 91.5 cm³/mol. The highest BCUT2D eigenvalue weighted by Gasteiger charge is 2.58. The fourth-order valence-electron chi connectivity index (χ4n) is 7.53. The van der Waals surface area contributed by atoms with Crippen molar-refractivity contribution in [3.63, 3.8) is 0 Å². The third-order valence-electron chi connectivity index (χ3n) is 8.67. The largest absolute Gasteiger partial charge is 0.393 e. The Morgan fingerprint density at radius 1 is 1.09 bits per heavy atom. The lowest BCUT2D eigenvalue weighted by Gasteiger charge is -2.58. The molecule has 22 heavy (non-hydrogen) atoms. The first-order chi connectivity index (χ1) is 10.5. The molecule has 0 aromatic heterocycles. The van der Waals surface area contributed by atoms with Crippen molar-refractivity contribution in [2.24, 2.45) is 34.5 Å². The van der Waals surface area contributed by atoms with Gasteiger partial charge in [0, 0.05) is 0 Å². The van der Waals surface area contributed by atoms with E-state index in [1.165, 1.54) is 57.8 Å². The number of allylic oxidation sites excluding steroid dienone is 2. The number of fused-ring (bicyclic) bond motifs is 5. The van der Waals surface area contributed by atoms with E-state index in [-0.39, 0.29) is 6.10 Å². The number of hydrogen-bond donors (Lipinski definition) is 1. The minimum Gasteiger partial charge on any atom is -0.393 e. The maximum absolute atomic E-state index is 10.3. The van der Waals surface area contributed by atoms with Gasteiger partial charge in [-0.3, -0.25) is 0 Å². The van der Waals surface area contributed by atoms with Crippen LogP contribution in [0, 0.1) is 34.5 Å². The Morgan fingerprint density at radius 2 is 1.91 bits per heavy atom. The zero-order valence-corrected chi connectivity index (χ0v) is 14.8. The zero-order valence-electron chi connectivity index (χ0n) is 14.8. The number of aliphatic hydroxyl groups excluding tert-OH is 1. The quantitative estimate of drug-likeness (QED) is 0.648. The molecule has 0 saturated heterocycles. The van der Waals surface area contributed by atoms with E-state index in [1.807, 2.05) is 12.5 Å². The van der Waals surface area contributed by atoms with Crippen LogP contribution in [0.15, 0.2) is 11.6 Å². The lowest BCUT2D eigenvalue weighted by atomic mass is 9.47. The number of aliphatic hydroxyl groups is 1. The summed E-state index contributed by atoms with van der Waals surface area (Å²) in [6.45, 7) is 7.14. The third-order valence-corrected chi connectivity index (χ3v) is 8.67. The van der Waals surface area contributed by atoms with Gasteiger partial charge < -0.3 is 5.11 Å². The Balaban J connectivity index is 1.66. The van der Waals surface area contributed by atoms with Gasteiger partial charge in [0.15, 0.2) is 0 Å². The first-order valence-corrected chi connectivity index (χ1v) is 9.84. The molecule has 0 radical (unpaired) electrons. The van der Waals surface area contributed by atoms with Gasteiger partial charge in [-0.15, -0.1) is 0 Å². The molecule has 1 nitrogen and oxygen atoms in total. The lowest BCUT2D eigenvalue weighted by Crippen LogP contribution is -2.50. The van der Waals surface area contributed by atoms with Gasteiger partial charge in [0.25, 0.3) is 0 Å². The molecule has 4 rings (SSSR count). The van der Waals surface area contributed by atoms with E-state index in [0.717, 1.165) is 17.8 Å². The predicted octanol–water partition coefficient (Wildman–Crippen LogP) is 5.34. The highest BCUT2D eigenvalue weighted by molar-refractivity contribution is 5.24. The second kappa shape index (κ2) is 5.10. The normalized spacial score (nSPS) is 52.3. The topological polar surface area (TPSA) is 20.2 Å². The molecular formula is C21H34O. The number of rotatable bonds is 1. The van der Waals surface area contributed by atoms with Crippen LogP contribution in [0.1, 0.15) is 78.6 Å². The molecule has 4 aliphatic rings. The SMILES string of the molecule is CC(O)C1CCC2C3CC=C4CCCCC4(C)C3CCC12C. The molecule has 124 valence electrons. The second-order valence-corrected chi connectivity index (χ2v) is 9.44. The Bertz CT molecular complexity index is 478. The molecule has 3 fully saturated rings. The van der Waals surface area contributed by atoms with Crippen LogP contribution in [-0.2, 0) is 0 Å². The minimum absolute atomic E-state index is 0.119. The van der Waals surface area contributed by atoms with Crippen molar-refractivity contribution in [2.75, 3.05) is 0 Å². The van der Waals surface area contributed by atoms with E-state index in [4.69, 9.17) is 0 Å². The molecule has 0 aromatic carbocycles. The first kappa shape index (κ1) is 15.2. The van der Waals surface area contributed by atoms with Gasteiger partial charge in [0.1, 0.15) is 0 Å². The van der Waals surface area contributed by atoms with Crippen LogP contribution in [-0.4, -0.2) is 11.2 Å². The summed E-state index contributed by atoms with van der Waals surface area (Å²) in [7, 11) is 0. The minimum atomic E-state index is -0.119. The molecule has 4 aliphatic carbocycles. The summed E-state index contributed by atoms with van der Waals surface area (Å²) in [6.07, 6.45) is 14.9. The van der Waals surface area contributed by atoms with Gasteiger partial charge in [0.05, 0.1) is 6.10 Å². The summed E-state index contributed by atoms with van der Waals surface area (Å²) in [4.78, 5) is 0. The average Bonchev–Trinajstić information content (AvgIpc) is 2.84. The highest BCUT2D eigenvalue weighted by atomic mass is 16.3. The molecule has 3 saturated carbocycles. The van der Waals surface area contributed by atoms with Crippen molar-refractivity contribution in [1.82, 2.24) is 0 Å². The van der Waals surface area contributed by atoms with Crippen molar-refractivity contribution >= 4 is 0 Å². The molecular weight excluding hydrogens is 268 g/mol. The molecule has 7 atom stereocenters. The molecule has 0 aromatic rings. The number of hydrogen-bond acceptors (Lipinski definition) is 1. The van der Waals surface area contributed by atoms with E-state index < -0.39 is 0 Å². The summed E-state index contributed by atoms with van der Waals surface area (Å²) >= 11 is 0. The van der Waals surface area contributed by atoms with Crippen molar-refractivity contribution in [3.05, 3.63) is 11.6 Å². The average molecular weight is 303 g/mol. The second-order valence-electron chi connectivity index (χ2n) is 9.44. The highest BCUT2D eigenvalue weighted by Crippen LogP contribution is 2.66. The van der Waals surface area contributed by atoms with Crippen LogP contribution in [0.25, 0.3) is 0 Å². The standard InChI is InChI=1S/C21H34O/c1-14(22)17-9-10-18-16-8-7-15-6-4-5-12-20(15,2)19(16)11-13-21(17,18)3/h7,14,16-19,22H,4-6,8-13H2,1-3H3. The van der Waals surface area contributed by atoms with Gasteiger partial charge >= 0.3 is 0 Å². The molecule has 0 amide bonds. The summed E-state index contributed by atoms with van der Waals surface area (Å²) < 4.78 is 0.